The number of carboxylic acid groups (broad SMARTS) is 1. The lowest BCUT2D eigenvalue weighted by atomic mass is 9.81. The summed E-state index contributed by atoms with van der Waals surface area (Å²) in [7, 11) is 0. The van der Waals surface area contributed by atoms with Crippen LogP contribution in [0.4, 0.5) is 0 Å². The lowest BCUT2D eigenvalue weighted by Crippen LogP contribution is -2.49. The Bertz CT molecular complexity index is 530. The number of hydrogen-bond acceptors (Lipinski definition) is 3. The summed E-state index contributed by atoms with van der Waals surface area (Å²) in [4.78, 5) is 26.6. The van der Waals surface area contributed by atoms with Gasteiger partial charge in [-0.15, -0.1) is 11.3 Å². The lowest BCUT2D eigenvalue weighted by molar-refractivity contribution is -0.153. The van der Waals surface area contributed by atoms with Crippen LogP contribution in [0.15, 0.2) is 15.9 Å². The predicted molar refractivity (Wildman–Crippen MR) is 82.0 cm³/mol. The van der Waals surface area contributed by atoms with Gasteiger partial charge in [-0.05, 0) is 54.8 Å². The first-order valence-electron chi connectivity index (χ1n) is 6.61. The molecule has 0 aliphatic carbocycles. The van der Waals surface area contributed by atoms with Crippen LogP contribution in [-0.2, 0) is 9.59 Å². The van der Waals surface area contributed by atoms with Crippen molar-refractivity contribution in [3.05, 3.63) is 20.8 Å². The second-order valence-corrected chi connectivity index (χ2v) is 8.09. The molecule has 1 aliphatic heterocycles. The van der Waals surface area contributed by atoms with Crippen molar-refractivity contribution in [2.24, 2.45) is 5.41 Å². The van der Waals surface area contributed by atoms with Crippen LogP contribution < -0.4 is 0 Å². The number of thiophene rings is 1. The topological polar surface area (TPSA) is 57.6 Å². The van der Waals surface area contributed by atoms with Crippen LogP contribution in [0.5, 0.6) is 0 Å². The van der Waals surface area contributed by atoms with E-state index in [2.05, 4.69) is 15.9 Å². The lowest BCUT2D eigenvalue weighted by Gasteiger charge is -2.38. The molecule has 0 radical (unpaired) electrons. The zero-order valence-electron chi connectivity index (χ0n) is 11.6. The summed E-state index contributed by atoms with van der Waals surface area (Å²) < 4.78 is 1.00. The summed E-state index contributed by atoms with van der Waals surface area (Å²) in [6.07, 6.45) is 1.38. The smallest absolute Gasteiger partial charge is 0.311 e. The number of likely N-dealkylation sites (tertiary alicyclic amines) is 1. The molecule has 1 fully saturated rings. The first-order valence-corrected chi connectivity index (χ1v) is 8.22. The fourth-order valence-electron chi connectivity index (χ4n) is 2.56. The van der Waals surface area contributed by atoms with Crippen LogP contribution in [0.3, 0.4) is 0 Å². The van der Waals surface area contributed by atoms with Gasteiger partial charge in [0, 0.05) is 18.0 Å². The molecule has 2 rings (SSSR count). The van der Waals surface area contributed by atoms with Gasteiger partial charge in [-0.2, -0.15) is 0 Å². The van der Waals surface area contributed by atoms with Crippen molar-refractivity contribution in [1.82, 2.24) is 4.90 Å². The van der Waals surface area contributed by atoms with Crippen molar-refractivity contribution in [3.8, 4) is 0 Å². The van der Waals surface area contributed by atoms with Crippen molar-refractivity contribution in [2.45, 2.75) is 32.6 Å². The van der Waals surface area contributed by atoms with Crippen molar-refractivity contribution in [1.29, 1.82) is 0 Å². The summed E-state index contributed by atoms with van der Waals surface area (Å²) in [6.45, 7) is 4.56. The number of nitrogens with zero attached hydrogens (tertiary/aromatic N) is 1. The van der Waals surface area contributed by atoms with Gasteiger partial charge in [-0.25, -0.2) is 0 Å². The van der Waals surface area contributed by atoms with Crippen molar-refractivity contribution >= 4 is 39.1 Å². The Morgan fingerprint density at radius 1 is 1.50 bits per heavy atom. The Morgan fingerprint density at radius 3 is 2.75 bits per heavy atom. The molecule has 1 saturated heterocycles. The van der Waals surface area contributed by atoms with Crippen LogP contribution in [0, 0.1) is 5.41 Å². The largest absolute Gasteiger partial charge is 0.481 e. The minimum atomic E-state index is -0.818. The van der Waals surface area contributed by atoms with Crippen LogP contribution in [0.1, 0.15) is 37.5 Å². The highest BCUT2D eigenvalue weighted by Gasteiger charge is 2.40. The Labute approximate surface area is 130 Å². The third-order valence-electron chi connectivity index (χ3n) is 3.92. The number of carbonyl (C=O) groups excluding carboxylic acids is 1. The summed E-state index contributed by atoms with van der Waals surface area (Å²) in [5.74, 6) is -1.02. The second kappa shape index (κ2) is 5.85. The fraction of sp³-hybridized carbons (Fsp3) is 0.571. The molecule has 1 aliphatic rings. The Kier molecular flexibility index (Phi) is 4.54. The zero-order chi connectivity index (χ0) is 14.9. The van der Waals surface area contributed by atoms with E-state index in [1.165, 1.54) is 0 Å². The first kappa shape index (κ1) is 15.5. The van der Waals surface area contributed by atoms with E-state index in [0.717, 1.165) is 15.1 Å². The first-order chi connectivity index (χ1) is 9.33. The Balaban J connectivity index is 2.11. The summed E-state index contributed by atoms with van der Waals surface area (Å²) in [5.41, 5.74) is -0.816. The third-order valence-corrected chi connectivity index (χ3v) is 5.72. The van der Waals surface area contributed by atoms with Crippen LogP contribution in [0.25, 0.3) is 0 Å². The van der Waals surface area contributed by atoms with E-state index in [1.807, 2.05) is 19.1 Å². The molecule has 0 aromatic carbocycles. The highest BCUT2D eigenvalue weighted by atomic mass is 79.9. The van der Waals surface area contributed by atoms with Crippen molar-refractivity contribution in [2.75, 3.05) is 13.1 Å². The van der Waals surface area contributed by atoms with E-state index in [4.69, 9.17) is 0 Å². The average molecular weight is 360 g/mol. The molecule has 0 spiro atoms. The normalized spacial score (nSPS) is 24.4. The molecular formula is C14H18BrNO3S. The van der Waals surface area contributed by atoms with Gasteiger partial charge in [0.2, 0.25) is 5.91 Å². The van der Waals surface area contributed by atoms with Crippen LogP contribution in [0.2, 0.25) is 0 Å². The second-order valence-electron chi connectivity index (χ2n) is 5.59. The van der Waals surface area contributed by atoms with E-state index in [1.54, 1.807) is 23.2 Å². The van der Waals surface area contributed by atoms with Gasteiger partial charge in [-0.1, -0.05) is 0 Å². The number of aliphatic carboxylic acids is 1. The summed E-state index contributed by atoms with van der Waals surface area (Å²) in [6, 6.07) is 3.87. The maximum atomic E-state index is 12.5. The molecule has 20 heavy (non-hydrogen) atoms. The minimum Gasteiger partial charge on any atom is -0.481 e. The number of amides is 1. The molecule has 110 valence electrons. The number of halogens is 1. The van der Waals surface area contributed by atoms with E-state index >= 15 is 0 Å². The van der Waals surface area contributed by atoms with Crippen molar-refractivity contribution in [3.63, 3.8) is 0 Å². The average Bonchev–Trinajstić information content (AvgIpc) is 2.83. The monoisotopic (exact) mass is 359 g/mol. The Morgan fingerprint density at radius 2 is 2.20 bits per heavy atom. The maximum absolute atomic E-state index is 12.5. The number of piperidine rings is 1. The molecular weight excluding hydrogens is 342 g/mol. The maximum Gasteiger partial charge on any atom is 0.311 e. The van der Waals surface area contributed by atoms with Gasteiger partial charge in [-0.3, -0.25) is 9.59 Å². The standard InChI is InChI=1S/C14H18BrNO3S/c1-9(10-4-5-11(15)20-10)12(17)16-7-3-6-14(2,8-16)13(18)19/h4-5,9H,3,6-8H2,1-2H3,(H,18,19). The summed E-state index contributed by atoms with van der Waals surface area (Å²) >= 11 is 4.95. The fourth-order valence-corrected chi connectivity index (χ4v) is 4.03. The van der Waals surface area contributed by atoms with Gasteiger partial charge < -0.3 is 10.0 Å². The van der Waals surface area contributed by atoms with Gasteiger partial charge in [0.1, 0.15) is 0 Å². The molecule has 2 heterocycles. The van der Waals surface area contributed by atoms with E-state index in [0.29, 0.717) is 19.5 Å². The Hall–Kier alpha value is -0.880. The van der Waals surface area contributed by atoms with Gasteiger partial charge in [0.15, 0.2) is 0 Å². The zero-order valence-corrected chi connectivity index (χ0v) is 14.0. The quantitative estimate of drug-likeness (QED) is 0.900. The molecule has 1 aromatic heterocycles. The minimum absolute atomic E-state index is 0.0199. The molecule has 0 saturated carbocycles. The predicted octanol–water partition coefficient (Wildman–Crippen LogP) is 3.33. The van der Waals surface area contributed by atoms with Crippen LogP contribution in [-0.4, -0.2) is 35.0 Å². The number of hydrogen-bond donors (Lipinski definition) is 1. The highest BCUT2D eigenvalue weighted by molar-refractivity contribution is 9.11. The van der Waals surface area contributed by atoms with E-state index < -0.39 is 11.4 Å². The molecule has 2 unspecified atom stereocenters. The SMILES string of the molecule is CC(C(=O)N1CCCC(C)(C(=O)O)C1)c1ccc(Br)s1. The molecule has 1 amide bonds. The highest BCUT2D eigenvalue weighted by Crippen LogP contribution is 2.33. The molecule has 6 heteroatoms. The van der Waals surface area contributed by atoms with E-state index in [-0.39, 0.29) is 11.8 Å². The molecule has 0 bridgehead atoms. The third kappa shape index (κ3) is 3.06. The van der Waals surface area contributed by atoms with Crippen LogP contribution >= 0.6 is 27.3 Å². The number of carboxylic acids is 1. The molecule has 2 atom stereocenters. The summed E-state index contributed by atoms with van der Waals surface area (Å²) in [5, 5.41) is 9.31. The van der Waals surface area contributed by atoms with Gasteiger partial charge in [0.25, 0.3) is 0 Å². The van der Waals surface area contributed by atoms with Gasteiger partial charge in [0.05, 0.1) is 15.1 Å². The number of rotatable bonds is 3. The number of carbonyl (C=O) groups is 2. The molecule has 1 aromatic rings. The van der Waals surface area contributed by atoms with E-state index in [9.17, 15) is 14.7 Å². The van der Waals surface area contributed by atoms with Crippen molar-refractivity contribution < 1.29 is 14.7 Å². The molecule has 4 nitrogen and oxygen atoms in total. The molecule has 1 N–H and O–H groups in total. The van der Waals surface area contributed by atoms with Gasteiger partial charge >= 0.3 is 5.97 Å².